The van der Waals surface area contributed by atoms with E-state index in [9.17, 15) is 4.79 Å². The predicted octanol–water partition coefficient (Wildman–Crippen LogP) is 4.15. The van der Waals surface area contributed by atoms with Crippen molar-refractivity contribution in [3.8, 4) is 5.75 Å². The third-order valence-corrected chi connectivity index (χ3v) is 4.59. The Morgan fingerprint density at radius 3 is 2.81 bits per heavy atom. The lowest BCUT2D eigenvalue weighted by molar-refractivity contribution is -0.121. The van der Waals surface area contributed by atoms with Crippen LogP contribution in [-0.2, 0) is 17.9 Å². The highest BCUT2D eigenvalue weighted by Gasteiger charge is 2.14. The smallest absolute Gasteiger partial charge is 0.240 e. The van der Waals surface area contributed by atoms with Crippen LogP contribution in [0.3, 0.4) is 0 Å². The zero-order valence-electron chi connectivity index (χ0n) is 16.3. The van der Waals surface area contributed by atoms with Gasteiger partial charge < -0.3 is 14.6 Å². The summed E-state index contributed by atoms with van der Waals surface area (Å²) in [4.78, 5) is 17.0. The first kappa shape index (κ1) is 19.0. The highest BCUT2D eigenvalue weighted by Crippen LogP contribution is 2.22. The van der Waals surface area contributed by atoms with Gasteiger partial charge in [0, 0.05) is 6.54 Å². The van der Waals surface area contributed by atoms with E-state index in [-0.39, 0.29) is 12.5 Å². The van der Waals surface area contributed by atoms with E-state index in [1.807, 2.05) is 48.7 Å². The number of carbonyl (C=O) groups is 1. The fourth-order valence-corrected chi connectivity index (χ4v) is 3.02. The Labute approximate surface area is 160 Å². The fourth-order valence-electron chi connectivity index (χ4n) is 3.02. The van der Waals surface area contributed by atoms with Gasteiger partial charge in [-0.1, -0.05) is 37.6 Å². The van der Waals surface area contributed by atoms with Crippen LogP contribution in [0.2, 0.25) is 0 Å². The first-order valence-corrected chi connectivity index (χ1v) is 9.49. The van der Waals surface area contributed by atoms with E-state index < -0.39 is 0 Å². The molecular weight excluding hydrogens is 338 g/mol. The van der Waals surface area contributed by atoms with Crippen molar-refractivity contribution in [2.75, 3.05) is 6.54 Å². The Morgan fingerprint density at radius 1 is 1.19 bits per heavy atom. The van der Waals surface area contributed by atoms with Crippen molar-refractivity contribution in [2.45, 2.75) is 46.8 Å². The molecule has 5 nitrogen and oxygen atoms in total. The molecule has 1 amide bonds. The Kier molecular flexibility index (Phi) is 6.12. The molecule has 3 aromatic rings. The number of aromatic nitrogens is 2. The summed E-state index contributed by atoms with van der Waals surface area (Å²) in [6.07, 6.45) is 2.04. The van der Waals surface area contributed by atoms with Crippen LogP contribution in [0.5, 0.6) is 5.75 Å². The number of fused-ring (bicyclic) bond motifs is 1. The van der Waals surface area contributed by atoms with Gasteiger partial charge in [0.15, 0.2) is 0 Å². The molecule has 0 atom stereocenters. The molecule has 0 fully saturated rings. The van der Waals surface area contributed by atoms with Crippen LogP contribution in [0.4, 0.5) is 0 Å². The molecular formula is C22H27N3O2. The number of aryl methyl sites for hydroxylation is 2. The summed E-state index contributed by atoms with van der Waals surface area (Å²) in [6, 6.07) is 14.0. The van der Waals surface area contributed by atoms with Crippen molar-refractivity contribution in [3.05, 3.63) is 59.4 Å². The SMILES string of the molecule is CCCCNC(=O)Cn1c(COc2cc(C)ccc2C)nc2ccccc21. The summed E-state index contributed by atoms with van der Waals surface area (Å²) in [6.45, 7) is 7.45. The Morgan fingerprint density at radius 2 is 2.00 bits per heavy atom. The molecule has 0 aliphatic carbocycles. The maximum Gasteiger partial charge on any atom is 0.240 e. The molecule has 142 valence electrons. The molecule has 2 aromatic carbocycles. The quantitative estimate of drug-likeness (QED) is 0.610. The van der Waals surface area contributed by atoms with Crippen molar-refractivity contribution in [3.63, 3.8) is 0 Å². The molecule has 0 radical (unpaired) electrons. The number of ether oxygens (including phenoxy) is 1. The molecule has 0 aliphatic rings. The lowest BCUT2D eigenvalue weighted by Gasteiger charge is -2.12. The van der Waals surface area contributed by atoms with E-state index in [4.69, 9.17) is 4.74 Å². The third kappa shape index (κ3) is 4.67. The second kappa shape index (κ2) is 8.71. The summed E-state index contributed by atoms with van der Waals surface area (Å²) in [5.74, 6) is 1.60. The molecule has 1 heterocycles. The summed E-state index contributed by atoms with van der Waals surface area (Å²) in [7, 11) is 0. The average Bonchev–Trinajstić information content (AvgIpc) is 3.00. The van der Waals surface area contributed by atoms with Crippen LogP contribution in [0.25, 0.3) is 11.0 Å². The van der Waals surface area contributed by atoms with Crippen molar-refractivity contribution < 1.29 is 9.53 Å². The zero-order chi connectivity index (χ0) is 19.2. The normalized spacial score (nSPS) is 10.9. The number of hydrogen-bond donors (Lipinski definition) is 1. The maximum atomic E-state index is 12.4. The Balaban J connectivity index is 1.81. The van der Waals surface area contributed by atoms with E-state index in [1.165, 1.54) is 0 Å². The van der Waals surface area contributed by atoms with Gasteiger partial charge in [0.1, 0.15) is 24.7 Å². The molecule has 27 heavy (non-hydrogen) atoms. The number of imidazole rings is 1. The van der Waals surface area contributed by atoms with Gasteiger partial charge in [0.25, 0.3) is 0 Å². The fraction of sp³-hybridized carbons (Fsp3) is 0.364. The maximum absolute atomic E-state index is 12.4. The lowest BCUT2D eigenvalue weighted by Crippen LogP contribution is -2.29. The third-order valence-electron chi connectivity index (χ3n) is 4.59. The zero-order valence-corrected chi connectivity index (χ0v) is 16.3. The van der Waals surface area contributed by atoms with Crippen LogP contribution >= 0.6 is 0 Å². The van der Waals surface area contributed by atoms with Crippen LogP contribution < -0.4 is 10.1 Å². The molecule has 3 rings (SSSR count). The van der Waals surface area contributed by atoms with E-state index in [2.05, 4.69) is 29.4 Å². The lowest BCUT2D eigenvalue weighted by atomic mass is 10.1. The number of amides is 1. The number of carbonyl (C=O) groups excluding carboxylic acids is 1. The van der Waals surface area contributed by atoms with Gasteiger partial charge in [-0.05, 0) is 49.6 Å². The second-order valence-corrected chi connectivity index (χ2v) is 6.86. The second-order valence-electron chi connectivity index (χ2n) is 6.86. The Bertz CT molecular complexity index is 930. The average molecular weight is 365 g/mol. The standard InChI is InChI=1S/C22H27N3O2/c1-4-5-12-23-22(26)14-25-19-9-7-6-8-18(19)24-21(25)15-27-20-13-16(2)10-11-17(20)3/h6-11,13H,4-5,12,14-15H2,1-3H3,(H,23,26). The summed E-state index contributed by atoms with van der Waals surface area (Å²) < 4.78 is 7.99. The minimum atomic E-state index is -0.000380. The molecule has 0 bridgehead atoms. The number of rotatable bonds is 8. The van der Waals surface area contributed by atoms with E-state index in [0.717, 1.165) is 46.6 Å². The van der Waals surface area contributed by atoms with Gasteiger partial charge in [-0.2, -0.15) is 0 Å². The molecule has 0 saturated carbocycles. The van der Waals surface area contributed by atoms with Crippen molar-refractivity contribution in [1.29, 1.82) is 0 Å². The predicted molar refractivity (Wildman–Crippen MR) is 108 cm³/mol. The van der Waals surface area contributed by atoms with Gasteiger partial charge in [-0.15, -0.1) is 0 Å². The van der Waals surface area contributed by atoms with Crippen molar-refractivity contribution >= 4 is 16.9 Å². The van der Waals surface area contributed by atoms with Crippen molar-refractivity contribution in [1.82, 2.24) is 14.9 Å². The minimum Gasteiger partial charge on any atom is -0.485 e. The van der Waals surface area contributed by atoms with Crippen LogP contribution in [0.15, 0.2) is 42.5 Å². The van der Waals surface area contributed by atoms with E-state index >= 15 is 0 Å². The molecule has 0 saturated heterocycles. The van der Waals surface area contributed by atoms with Gasteiger partial charge >= 0.3 is 0 Å². The monoisotopic (exact) mass is 365 g/mol. The minimum absolute atomic E-state index is 0.000380. The Hall–Kier alpha value is -2.82. The first-order valence-electron chi connectivity index (χ1n) is 9.49. The summed E-state index contributed by atoms with van der Waals surface area (Å²) in [5.41, 5.74) is 4.06. The van der Waals surface area contributed by atoms with Crippen LogP contribution in [-0.4, -0.2) is 22.0 Å². The number of para-hydroxylation sites is 2. The number of hydrogen-bond acceptors (Lipinski definition) is 3. The van der Waals surface area contributed by atoms with Gasteiger partial charge in [0.2, 0.25) is 5.91 Å². The number of nitrogens with one attached hydrogen (secondary N) is 1. The number of nitrogens with zero attached hydrogens (tertiary/aromatic N) is 2. The highest BCUT2D eigenvalue weighted by molar-refractivity contribution is 5.81. The number of benzene rings is 2. The first-order chi connectivity index (χ1) is 13.1. The van der Waals surface area contributed by atoms with E-state index in [0.29, 0.717) is 13.2 Å². The van der Waals surface area contributed by atoms with Gasteiger partial charge in [0.05, 0.1) is 11.0 Å². The number of unbranched alkanes of at least 4 members (excludes halogenated alkanes) is 1. The van der Waals surface area contributed by atoms with E-state index in [1.54, 1.807) is 0 Å². The molecule has 5 heteroatoms. The molecule has 1 aromatic heterocycles. The summed E-state index contributed by atoms with van der Waals surface area (Å²) >= 11 is 0. The molecule has 0 unspecified atom stereocenters. The molecule has 1 N–H and O–H groups in total. The van der Waals surface area contributed by atoms with Crippen LogP contribution in [0, 0.1) is 13.8 Å². The largest absolute Gasteiger partial charge is 0.485 e. The van der Waals surface area contributed by atoms with Crippen LogP contribution in [0.1, 0.15) is 36.7 Å². The summed E-state index contributed by atoms with van der Waals surface area (Å²) in [5, 5.41) is 2.98. The van der Waals surface area contributed by atoms with Gasteiger partial charge in [-0.3, -0.25) is 4.79 Å². The van der Waals surface area contributed by atoms with Gasteiger partial charge in [-0.25, -0.2) is 4.98 Å². The highest BCUT2D eigenvalue weighted by atomic mass is 16.5. The topological polar surface area (TPSA) is 56.2 Å². The molecule has 0 spiro atoms. The van der Waals surface area contributed by atoms with Crippen molar-refractivity contribution in [2.24, 2.45) is 0 Å². The molecule has 0 aliphatic heterocycles.